The fourth-order valence-corrected chi connectivity index (χ4v) is 1.94. The molecule has 3 heteroatoms. The number of carbonyl (C=O) groups is 1. The maximum absolute atomic E-state index is 12.2. The number of aromatic hydroxyl groups is 1. The molecule has 2 N–H and O–H groups in total. The molecule has 0 radical (unpaired) electrons. The van der Waals surface area contributed by atoms with E-state index in [1.165, 1.54) is 17.7 Å². The second-order valence-corrected chi connectivity index (χ2v) is 5.23. The van der Waals surface area contributed by atoms with Gasteiger partial charge >= 0.3 is 0 Å². The summed E-state index contributed by atoms with van der Waals surface area (Å²) in [6, 6.07) is 12.3. The normalized spacial score (nSPS) is 10.6. The number of phenolic OH excluding ortho intramolecular Hbond substituents is 1. The van der Waals surface area contributed by atoms with Crippen molar-refractivity contribution < 1.29 is 9.90 Å². The van der Waals surface area contributed by atoms with E-state index in [0.717, 1.165) is 11.3 Å². The van der Waals surface area contributed by atoms with E-state index in [0.29, 0.717) is 11.5 Å². The van der Waals surface area contributed by atoms with Gasteiger partial charge in [-0.3, -0.25) is 4.79 Å². The highest BCUT2D eigenvalue weighted by Crippen LogP contribution is 2.23. The molecule has 2 aromatic carbocycles. The van der Waals surface area contributed by atoms with Crippen molar-refractivity contribution in [2.75, 3.05) is 5.32 Å². The average molecular weight is 269 g/mol. The Labute approximate surface area is 119 Å². The zero-order valence-corrected chi connectivity index (χ0v) is 12.0. The third kappa shape index (κ3) is 3.18. The highest BCUT2D eigenvalue weighted by atomic mass is 16.3. The van der Waals surface area contributed by atoms with Gasteiger partial charge in [0.25, 0.3) is 5.91 Å². The molecule has 1 amide bonds. The second kappa shape index (κ2) is 5.78. The number of hydrogen-bond acceptors (Lipinski definition) is 2. The number of nitrogens with one attached hydrogen (secondary N) is 1. The molecule has 0 spiro atoms. The lowest BCUT2D eigenvalue weighted by molar-refractivity contribution is 0.102. The summed E-state index contributed by atoms with van der Waals surface area (Å²) in [7, 11) is 0. The summed E-state index contributed by atoms with van der Waals surface area (Å²) in [6.07, 6.45) is 0. The minimum atomic E-state index is -0.172. The molecule has 0 aliphatic carbocycles. The first-order chi connectivity index (χ1) is 9.47. The molecule has 0 aromatic heterocycles. The predicted octanol–water partition coefficient (Wildman–Crippen LogP) is 4.08. The smallest absolute Gasteiger partial charge is 0.255 e. The van der Waals surface area contributed by atoms with E-state index in [2.05, 4.69) is 25.2 Å². The fourth-order valence-electron chi connectivity index (χ4n) is 1.94. The van der Waals surface area contributed by atoms with Gasteiger partial charge in [0, 0.05) is 11.3 Å². The minimum Gasteiger partial charge on any atom is -0.508 e. The second-order valence-electron chi connectivity index (χ2n) is 5.23. The van der Waals surface area contributed by atoms with Gasteiger partial charge in [0.15, 0.2) is 0 Å². The van der Waals surface area contributed by atoms with E-state index in [9.17, 15) is 9.90 Å². The summed E-state index contributed by atoms with van der Waals surface area (Å²) in [5, 5.41) is 12.2. The highest BCUT2D eigenvalue weighted by molar-refractivity contribution is 6.04. The number of anilines is 1. The van der Waals surface area contributed by atoms with E-state index in [1.807, 2.05) is 19.1 Å². The molecule has 0 bridgehead atoms. The summed E-state index contributed by atoms with van der Waals surface area (Å²) in [4.78, 5) is 12.2. The van der Waals surface area contributed by atoms with E-state index in [-0.39, 0.29) is 11.7 Å². The molecule has 2 rings (SSSR count). The number of phenols is 1. The summed E-state index contributed by atoms with van der Waals surface area (Å²) in [5.41, 5.74) is 3.57. The van der Waals surface area contributed by atoms with Crippen LogP contribution < -0.4 is 5.32 Å². The fraction of sp³-hybridized carbons (Fsp3) is 0.235. The first-order valence-corrected chi connectivity index (χ1v) is 6.68. The Morgan fingerprint density at radius 3 is 2.35 bits per heavy atom. The van der Waals surface area contributed by atoms with Gasteiger partial charge in [-0.2, -0.15) is 0 Å². The van der Waals surface area contributed by atoms with Crippen LogP contribution >= 0.6 is 0 Å². The SMILES string of the molecule is Cc1ccc(C(C)C)cc1NC(=O)c1ccc(O)cc1. The molecule has 0 heterocycles. The van der Waals surface area contributed by atoms with Crippen LogP contribution in [-0.4, -0.2) is 11.0 Å². The van der Waals surface area contributed by atoms with Crippen molar-refractivity contribution >= 4 is 11.6 Å². The van der Waals surface area contributed by atoms with Crippen LogP contribution in [0.2, 0.25) is 0 Å². The number of rotatable bonds is 3. The third-order valence-corrected chi connectivity index (χ3v) is 3.31. The lowest BCUT2D eigenvalue weighted by Gasteiger charge is -2.12. The quantitative estimate of drug-likeness (QED) is 0.882. The Morgan fingerprint density at radius 2 is 1.75 bits per heavy atom. The lowest BCUT2D eigenvalue weighted by Crippen LogP contribution is -2.13. The van der Waals surface area contributed by atoms with Crippen molar-refractivity contribution in [2.45, 2.75) is 26.7 Å². The van der Waals surface area contributed by atoms with Crippen LogP contribution in [0.5, 0.6) is 5.75 Å². The Hall–Kier alpha value is -2.29. The average Bonchev–Trinajstić information content (AvgIpc) is 2.41. The Balaban J connectivity index is 2.23. The van der Waals surface area contributed by atoms with Crippen molar-refractivity contribution in [2.24, 2.45) is 0 Å². The topological polar surface area (TPSA) is 49.3 Å². The maximum Gasteiger partial charge on any atom is 0.255 e. The molecular weight excluding hydrogens is 250 g/mol. The lowest BCUT2D eigenvalue weighted by atomic mass is 10.0. The zero-order valence-electron chi connectivity index (χ0n) is 12.0. The monoisotopic (exact) mass is 269 g/mol. The molecule has 0 aliphatic heterocycles. The van der Waals surface area contributed by atoms with Gasteiger partial charge in [-0.15, -0.1) is 0 Å². The summed E-state index contributed by atoms with van der Waals surface area (Å²) < 4.78 is 0. The molecule has 0 saturated heterocycles. The standard InChI is InChI=1S/C17H19NO2/c1-11(2)14-5-4-12(3)16(10-14)18-17(20)13-6-8-15(19)9-7-13/h4-11,19H,1-3H3,(H,18,20). The van der Waals surface area contributed by atoms with Crippen LogP contribution in [0.3, 0.4) is 0 Å². The molecule has 20 heavy (non-hydrogen) atoms. The Bertz CT molecular complexity index is 615. The van der Waals surface area contributed by atoms with E-state index >= 15 is 0 Å². The van der Waals surface area contributed by atoms with E-state index in [1.54, 1.807) is 12.1 Å². The molecule has 0 aliphatic rings. The summed E-state index contributed by atoms with van der Waals surface area (Å²) >= 11 is 0. The van der Waals surface area contributed by atoms with Crippen molar-refractivity contribution in [3.8, 4) is 5.75 Å². The van der Waals surface area contributed by atoms with E-state index < -0.39 is 0 Å². The van der Waals surface area contributed by atoms with Crippen molar-refractivity contribution in [1.29, 1.82) is 0 Å². The van der Waals surface area contributed by atoms with Crippen LogP contribution in [0.4, 0.5) is 5.69 Å². The van der Waals surface area contributed by atoms with Crippen molar-refractivity contribution in [1.82, 2.24) is 0 Å². The number of amides is 1. The molecule has 0 atom stereocenters. The number of hydrogen-bond donors (Lipinski definition) is 2. The molecule has 3 nitrogen and oxygen atoms in total. The zero-order chi connectivity index (χ0) is 14.7. The number of benzene rings is 2. The molecule has 2 aromatic rings. The first kappa shape index (κ1) is 14.1. The van der Waals surface area contributed by atoms with Gasteiger partial charge in [-0.05, 0) is 54.3 Å². The van der Waals surface area contributed by atoms with Crippen molar-refractivity contribution in [3.63, 3.8) is 0 Å². The predicted molar refractivity (Wildman–Crippen MR) is 81.3 cm³/mol. The Kier molecular flexibility index (Phi) is 4.08. The van der Waals surface area contributed by atoms with Gasteiger partial charge in [-0.25, -0.2) is 0 Å². The van der Waals surface area contributed by atoms with Crippen LogP contribution in [0.15, 0.2) is 42.5 Å². The molecule has 0 unspecified atom stereocenters. The molecule has 0 saturated carbocycles. The number of carbonyl (C=O) groups excluding carboxylic acids is 1. The Morgan fingerprint density at radius 1 is 1.10 bits per heavy atom. The van der Waals surface area contributed by atoms with Crippen molar-refractivity contribution in [3.05, 3.63) is 59.2 Å². The maximum atomic E-state index is 12.2. The van der Waals surface area contributed by atoms with Gasteiger partial charge in [-0.1, -0.05) is 26.0 Å². The highest BCUT2D eigenvalue weighted by Gasteiger charge is 2.09. The van der Waals surface area contributed by atoms with Gasteiger partial charge in [0.05, 0.1) is 0 Å². The van der Waals surface area contributed by atoms with Gasteiger partial charge in [0.2, 0.25) is 0 Å². The number of aryl methyl sites for hydroxylation is 1. The van der Waals surface area contributed by atoms with Crippen LogP contribution in [0.25, 0.3) is 0 Å². The van der Waals surface area contributed by atoms with Crippen LogP contribution in [0.1, 0.15) is 41.3 Å². The molecular formula is C17H19NO2. The summed E-state index contributed by atoms with van der Waals surface area (Å²) in [5.74, 6) is 0.397. The third-order valence-electron chi connectivity index (χ3n) is 3.31. The van der Waals surface area contributed by atoms with Crippen LogP contribution in [-0.2, 0) is 0 Å². The first-order valence-electron chi connectivity index (χ1n) is 6.68. The summed E-state index contributed by atoms with van der Waals surface area (Å²) in [6.45, 7) is 6.21. The molecule has 104 valence electrons. The molecule has 0 fully saturated rings. The largest absolute Gasteiger partial charge is 0.508 e. The van der Waals surface area contributed by atoms with Gasteiger partial charge in [0.1, 0.15) is 5.75 Å². The minimum absolute atomic E-state index is 0.152. The van der Waals surface area contributed by atoms with Crippen LogP contribution in [0, 0.1) is 6.92 Å². The van der Waals surface area contributed by atoms with Gasteiger partial charge < -0.3 is 10.4 Å². The van der Waals surface area contributed by atoms with E-state index in [4.69, 9.17) is 0 Å².